The lowest BCUT2D eigenvalue weighted by Gasteiger charge is -2.22. The van der Waals surface area contributed by atoms with Crippen molar-refractivity contribution in [3.63, 3.8) is 0 Å². The molecule has 1 amide bonds. The molecule has 0 unspecified atom stereocenters. The van der Waals surface area contributed by atoms with Gasteiger partial charge in [-0.2, -0.15) is 13.2 Å². The lowest BCUT2D eigenvalue weighted by atomic mass is 10.1. The van der Waals surface area contributed by atoms with Crippen LogP contribution in [0.25, 0.3) is 0 Å². The second-order valence-corrected chi connectivity index (χ2v) is 13.1. The maximum Gasteiger partial charge on any atom is 0.417 e. The second-order valence-electron chi connectivity index (χ2n) is 9.08. The molecule has 0 radical (unpaired) electrons. The molecule has 0 aliphatic heterocycles. The van der Waals surface area contributed by atoms with Crippen molar-refractivity contribution in [1.82, 2.24) is 0 Å². The van der Waals surface area contributed by atoms with Crippen molar-refractivity contribution in [3.8, 4) is 0 Å². The Hall–Kier alpha value is -4.07. The number of hydrogen-bond acceptors (Lipinski definition) is 5. The number of carbonyl (C=O) groups excluding carboxylic acids is 1. The molecule has 0 aliphatic carbocycles. The molecule has 0 aromatic heterocycles. The minimum atomic E-state index is -4.78. The van der Waals surface area contributed by atoms with Crippen LogP contribution in [0.2, 0.25) is 5.02 Å². The standard InChI is InChI=1S/C28H23ClF3N3O5S2/c1-18-7-12-22(13-8-18)42(39,40)35(2)26-6-4-3-5-23(26)27(36)33-19-9-14-21(15-10-19)41(37,38)34-20-11-16-25(29)24(17-20)28(30,31)32/h3-17,34H,1-2H3,(H,33,36). The van der Waals surface area contributed by atoms with Crippen LogP contribution in [0.5, 0.6) is 0 Å². The number of alkyl halides is 3. The van der Waals surface area contributed by atoms with Crippen LogP contribution in [0.1, 0.15) is 21.5 Å². The van der Waals surface area contributed by atoms with Crippen LogP contribution in [0.4, 0.5) is 30.2 Å². The Morgan fingerprint density at radius 1 is 0.810 bits per heavy atom. The zero-order chi connectivity index (χ0) is 30.9. The topological polar surface area (TPSA) is 113 Å². The average molecular weight is 638 g/mol. The minimum Gasteiger partial charge on any atom is -0.322 e. The second kappa shape index (κ2) is 11.7. The predicted octanol–water partition coefficient (Wildman–Crippen LogP) is 6.55. The van der Waals surface area contributed by atoms with E-state index in [1.165, 1.54) is 43.4 Å². The molecule has 0 heterocycles. The fourth-order valence-corrected chi connectivity index (χ4v) is 6.36. The molecule has 14 heteroatoms. The minimum absolute atomic E-state index is 0.0391. The van der Waals surface area contributed by atoms with Gasteiger partial charge >= 0.3 is 6.18 Å². The van der Waals surface area contributed by atoms with Gasteiger partial charge in [0.25, 0.3) is 26.0 Å². The summed E-state index contributed by atoms with van der Waals surface area (Å²) in [5.74, 6) is -0.661. The first kappa shape index (κ1) is 30.9. The Bertz CT molecular complexity index is 1850. The van der Waals surface area contributed by atoms with Gasteiger partial charge in [0.2, 0.25) is 0 Å². The van der Waals surface area contributed by atoms with E-state index in [1.54, 1.807) is 24.3 Å². The molecular weight excluding hydrogens is 615 g/mol. The van der Waals surface area contributed by atoms with Gasteiger partial charge in [0, 0.05) is 18.4 Å². The van der Waals surface area contributed by atoms with Crippen LogP contribution >= 0.6 is 11.6 Å². The third-order valence-corrected chi connectivity index (χ3v) is 9.63. The monoisotopic (exact) mass is 637 g/mol. The lowest BCUT2D eigenvalue weighted by Crippen LogP contribution is -2.29. The summed E-state index contributed by atoms with van der Waals surface area (Å²) in [5, 5.41) is 2.02. The number of amides is 1. The number of aryl methyl sites for hydroxylation is 1. The number of carbonyl (C=O) groups is 1. The van der Waals surface area contributed by atoms with Gasteiger partial charge in [-0.3, -0.25) is 13.8 Å². The Labute approximate surface area is 245 Å². The number of halogens is 4. The van der Waals surface area contributed by atoms with Crippen molar-refractivity contribution in [3.05, 3.63) is 113 Å². The highest BCUT2D eigenvalue weighted by Gasteiger charge is 2.33. The zero-order valence-electron chi connectivity index (χ0n) is 22.0. The van der Waals surface area contributed by atoms with Gasteiger partial charge in [-0.15, -0.1) is 0 Å². The number of para-hydroxylation sites is 1. The smallest absolute Gasteiger partial charge is 0.322 e. The molecular formula is C28H23ClF3N3O5S2. The predicted molar refractivity (Wildman–Crippen MR) is 155 cm³/mol. The maximum atomic E-state index is 13.2. The molecule has 0 saturated carbocycles. The van der Waals surface area contributed by atoms with Crippen molar-refractivity contribution in [2.75, 3.05) is 21.4 Å². The van der Waals surface area contributed by atoms with Crippen LogP contribution < -0.4 is 14.3 Å². The van der Waals surface area contributed by atoms with E-state index in [1.807, 2.05) is 6.92 Å². The molecule has 0 saturated heterocycles. The van der Waals surface area contributed by atoms with Crippen molar-refractivity contribution < 1.29 is 34.8 Å². The molecule has 0 spiro atoms. The zero-order valence-corrected chi connectivity index (χ0v) is 24.4. The van der Waals surface area contributed by atoms with Gasteiger partial charge in [0.05, 0.1) is 31.6 Å². The Morgan fingerprint density at radius 2 is 1.38 bits per heavy atom. The molecule has 4 rings (SSSR count). The molecule has 0 aliphatic rings. The van der Waals surface area contributed by atoms with E-state index >= 15 is 0 Å². The van der Waals surface area contributed by atoms with E-state index in [0.717, 1.165) is 34.1 Å². The Morgan fingerprint density at radius 3 is 2.00 bits per heavy atom. The molecule has 8 nitrogen and oxygen atoms in total. The number of sulfonamides is 2. The quantitative estimate of drug-likeness (QED) is 0.228. The number of rotatable bonds is 8. The molecule has 0 fully saturated rings. The highest BCUT2D eigenvalue weighted by atomic mass is 35.5. The van der Waals surface area contributed by atoms with Crippen LogP contribution in [0, 0.1) is 6.92 Å². The fraction of sp³-hybridized carbons (Fsp3) is 0.107. The van der Waals surface area contributed by atoms with Crippen LogP contribution in [-0.4, -0.2) is 29.8 Å². The SMILES string of the molecule is Cc1ccc(S(=O)(=O)N(C)c2ccccc2C(=O)Nc2ccc(S(=O)(=O)Nc3ccc(Cl)c(C(F)(F)F)c3)cc2)cc1. The van der Waals surface area contributed by atoms with Gasteiger partial charge in [-0.1, -0.05) is 41.4 Å². The van der Waals surface area contributed by atoms with Crippen LogP contribution in [0.3, 0.4) is 0 Å². The number of hydrogen-bond donors (Lipinski definition) is 2. The van der Waals surface area contributed by atoms with Gasteiger partial charge in [-0.05, 0) is 73.7 Å². The molecule has 220 valence electrons. The molecule has 4 aromatic rings. The first-order valence-corrected chi connectivity index (χ1v) is 15.4. The van der Waals surface area contributed by atoms with Crippen molar-refractivity contribution in [2.45, 2.75) is 22.9 Å². The number of anilines is 3. The summed E-state index contributed by atoms with van der Waals surface area (Å²) in [5.41, 5.74) is -0.321. The first-order chi connectivity index (χ1) is 19.6. The molecule has 2 N–H and O–H groups in total. The fourth-order valence-electron chi connectivity index (χ4n) is 3.87. The van der Waals surface area contributed by atoms with Gasteiger partial charge < -0.3 is 5.32 Å². The van der Waals surface area contributed by atoms with Gasteiger partial charge in [0.1, 0.15) is 0 Å². The molecule has 0 atom stereocenters. The highest BCUT2D eigenvalue weighted by molar-refractivity contribution is 7.93. The number of nitrogens with zero attached hydrogens (tertiary/aromatic N) is 1. The van der Waals surface area contributed by atoms with E-state index in [0.29, 0.717) is 6.07 Å². The number of benzene rings is 4. The van der Waals surface area contributed by atoms with E-state index in [-0.39, 0.29) is 32.4 Å². The summed E-state index contributed by atoms with van der Waals surface area (Å²) in [6.07, 6.45) is -4.78. The van der Waals surface area contributed by atoms with E-state index < -0.39 is 42.7 Å². The van der Waals surface area contributed by atoms with Crippen LogP contribution in [-0.2, 0) is 26.2 Å². The van der Waals surface area contributed by atoms with E-state index in [4.69, 9.17) is 11.6 Å². The van der Waals surface area contributed by atoms with E-state index in [9.17, 15) is 34.8 Å². The van der Waals surface area contributed by atoms with Crippen molar-refractivity contribution in [2.24, 2.45) is 0 Å². The van der Waals surface area contributed by atoms with Crippen LogP contribution in [0.15, 0.2) is 101 Å². The number of nitrogens with one attached hydrogen (secondary N) is 2. The normalized spacial score (nSPS) is 12.0. The third kappa shape index (κ3) is 6.69. The van der Waals surface area contributed by atoms with Gasteiger partial charge in [-0.25, -0.2) is 16.8 Å². The summed E-state index contributed by atoms with van der Waals surface area (Å²) in [6.45, 7) is 1.82. The molecule has 0 bridgehead atoms. The summed E-state index contributed by atoms with van der Waals surface area (Å²) < 4.78 is 94.4. The Balaban J connectivity index is 1.53. The van der Waals surface area contributed by atoms with Gasteiger partial charge in [0.15, 0.2) is 0 Å². The summed E-state index contributed by atoms with van der Waals surface area (Å²) >= 11 is 5.59. The van der Waals surface area contributed by atoms with Crippen molar-refractivity contribution in [1.29, 1.82) is 0 Å². The maximum absolute atomic E-state index is 13.2. The largest absolute Gasteiger partial charge is 0.417 e. The highest BCUT2D eigenvalue weighted by Crippen LogP contribution is 2.36. The molecule has 4 aromatic carbocycles. The third-order valence-electron chi connectivity index (χ3n) is 6.11. The lowest BCUT2D eigenvalue weighted by molar-refractivity contribution is -0.137. The first-order valence-electron chi connectivity index (χ1n) is 12.1. The summed E-state index contributed by atoms with van der Waals surface area (Å²) in [6, 6.07) is 19.8. The summed E-state index contributed by atoms with van der Waals surface area (Å²) in [4.78, 5) is 12.9. The summed E-state index contributed by atoms with van der Waals surface area (Å²) in [7, 11) is -6.96. The average Bonchev–Trinajstić information content (AvgIpc) is 2.93. The molecule has 42 heavy (non-hydrogen) atoms. The van der Waals surface area contributed by atoms with E-state index in [2.05, 4.69) is 10.0 Å². The Kier molecular flexibility index (Phi) is 8.58. The van der Waals surface area contributed by atoms with Crippen molar-refractivity contribution >= 4 is 54.6 Å².